The van der Waals surface area contributed by atoms with E-state index in [4.69, 9.17) is 10.5 Å². The molecule has 0 aliphatic heterocycles. The third kappa shape index (κ3) is 3.87. The summed E-state index contributed by atoms with van der Waals surface area (Å²) in [5.41, 5.74) is 6.35. The van der Waals surface area contributed by atoms with Crippen LogP contribution >= 0.6 is 12.4 Å². The summed E-state index contributed by atoms with van der Waals surface area (Å²) in [5.74, 6) is -0.0698. The smallest absolute Gasteiger partial charge is 0.240 e. The number of nitrogens with zero attached hydrogens (tertiary/aromatic N) is 2. The molecule has 2 unspecified atom stereocenters. The number of rotatable bonds is 7. The van der Waals surface area contributed by atoms with Gasteiger partial charge < -0.3 is 15.8 Å². The van der Waals surface area contributed by atoms with Crippen molar-refractivity contribution in [2.75, 3.05) is 13.2 Å². The molecule has 1 amide bonds. The van der Waals surface area contributed by atoms with Gasteiger partial charge in [-0.1, -0.05) is 13.8 Å². The molecule has 1 aromatic heterocycles. The molecule has 1 aromatic rings. The Kier molecular flexibility index (Phi) is 6.62. The highest BCUT2D eigenvalue weighted by Gasteiger charge is 2.62. The minimum absolute atomic E-state index is 0. The highest BCUT2D eigenvalue weighted by molar-refractivity contribution is 5.88. The first-order valence-corrected chi connectivity index (χ1v) is 7.97. The lowest BCUT2D eigenvalue weighted by Gasteiger charge is -2.57. The van der Waals surface area contributed by atoms with Crippen LogP contribution in [0.2, 0.25) is 0 Å². The molecule has 2 atom stereocenters. The molecule has 1 aliphatic carbocycles. The van der Waals surface area contributed by atoms with Crippen molar-refractivity contribution < 1.29 is 9.53 Å². The van der Waals surface area contributed by atoms with E-state index in [0.717, 1.165) is 12.8 Å². The third-order valence-electron chi connectivity index (χ3n) is 4.92. The van der Waals surface area contributed by atoms with E-state index in [2.05, 4.69) is 10.4 Å². The number of carbonyl (C=O) groups excluding carboxylic acids is 1. The van der Waals surface area contributed by atoms with Gasteiger partial charge in [0.15, 0.2) is 0 Å². The van der Waals surface area contributed by atoms with Crippen LogP contribution in [0.1, 0.15) is 39.2 Å². The molecule has 7 heteroatoms. The van der Waals surface area contributed by atoms with Crippen LogP contribution in [0, 0.1) is 5.41 Å². The van der Waals surface area contributed by atoms with Crippen molar-refractivity contribution in [1.29, 1.82) is 0 Å². The van der Waals surface area contributed by atoms with E-state index in [1.165, 1.54) is 5.56 Å². The Labute approximate surface area is 144 Å². The molecule has 132 valence electrons. The zero-order valence-electron chi connectivity index (χ0n) is 14.5. The van der Waals surface area contributed by atoms with Crippen LogP contribution in [-0.2, 0) is 23.0 Å². The number of aromatic nitrogens is 2. The van der Waals surface area contributed by atoms with Gasteiger partial charge in [0.2, 0.25) is 5.91 Å². The Morgan fingerprint density at radius 3 is 2.78 bits per heavy atom. The van der Waals surface area contributed by atoms with Crippen LogP contribution in [0.15, 0.2) is 12.4 Å². The Bertz CT molecular complexity index is 532. The van der Waals surface area contributed by atoms with Crippen molar-refractivity contribution >= 4 is 18.3 Å². The summed E-state index contributed by atoms with van der Waals surface area (Å²) in [6, 6.07) is 0. The van der Waals surface area contributed by atoms with Gasteiger partial charge in [0.05, 0.1) is 12.3 Å². The van der Waals surface area contributed by atoms with Crippen molar-refractivity contribution in [3.63, 3.8) is 0 Å². The second kappa shape index (κ2) is 7.64. The lowest BCUT2D eigenvalue weighted by Crippen LogP contribution is -2.75. The van der Waals surface area contributed by atoms with Gasteiger partial charge >= 0.3 is 0 Å². The van der Waals surface area contributed by atoms with Crippen LogP contribution in [0.3, 0.4) is 0 Å². The van der Waals surface area contributed by atoms with Gasteiger partial charge in [-0.2, -0.15) is 5.10 Å². The number of aryl methyl sites for hydroxylation is 2. The molecule has 1 saturated carbocycles. The highest BCUT2D eigenvalue weighted by atomic mass is 35.5. The fourth-order valence-corrected chi connectivity index (χ4v) is 3.07. The van der Waals surface area contributed by atoms with Crippen LogP contribution in [-0.4, -0.2) is 40.5 Å². The summed E-state index contributed by atoms with van der Waals surface area (Å²) in [6.07, 6.45) is 6.27. The van der Waals surface area contributed by atoms with E-state index in [-0.39, 0.29) is 29.8 Å². The van der Waals surface area contributed by atoms with Gasteiger partial charge in [-0.05, 0) is 25.3 Å². The second-order valence-corrected chi connectivity index (χ2v) is 6.72. The standard InChI is InChI=1S/C16H28N4O2.ClH/c1-5-22-13-9-16(17,15(13,2)3)14(21)18-8-6-7-12-10-19-20(4)11-12;/h10-11,13H,5-9,17H2,1-4H3,(H,18,21);1H. The number of ether oxygens (including phenoxy) is 1. The zero-order valence-corrected chi connectivity index (χ0v) is 15.3. The quantitative estimate of drug-likeness (QED) is 0.733. The summed E-state index contributed by atoms with van der Waals surface area (Å²) in [5, 5.41) is 7.11. The first-order chi connectivity index (χ1) is 10.3. The minimum Gasteiger partial charge on any atom is -0.378 e. The van der Waals surface area contributed by atoms with E-state index in [1.54, 1.807) is 4.68 Å². The number of nitrogens with two attached hydrogens (primary N) is 1. The summed E-state index contributed by atoms with van der Waals surface area (Å²) in [6.45, 7) is 7.25. The SMILES string of the molecule is CCOC1CC(N)(C(=O)NCCCc2cnn(C)c2)C1(C)C.Cl. The van der Waals surface area contributed by atoms with Gasteiger partial charge in [-0.15, -0.1) is 12.4 Å². The molecule has 23 heavy (non-hydrogen) atoms. The van der Waals surface area contributed by atoms with Crippen molar-refractivity contribution in [2.24, 2.45) is 18.2 Å². The van der Waals surface area contributed by atoms with Crippen molar-refractivity contribution in [3.8, 4) is 0 Å². The van der Waals surface area contributed by atoms with Crippen LogP contribution in [0.5, 0.6) is 0 Å². The monoisotopic (exact) mass is 344 g/mol. The van der Waals surface area contributed by atoms with Crippen LogP contribution in [0.4, 0.5) is 0 Å². The molecule has 1 fully saturated rings. The number of hydrogen-bond donors (Lipinski definition) is 2. The second-order valence-electron chi connectivity index (χ2n) is 6.72. The number of carbonyl (C=O) groups is 1. The number of halogens is 1. The van der Waals surface area contributed by atoms with Gasteiger partial charge in [-0.25, -0.2) is 0 Å². The molecule has 6 nitrogen and oxygen atoms in total. The van der Waals surface area contributed by atoms with E-state index >= 15 is 0 Å². The number of nitrogens with one attached hydrogen (secondary N) is 1. The fraction of sp³-hybridized carbons (Fsp3) is 0.750. The Hall–Kier alpha value is -1.11. The summed E-state index contributed by atoms with van der Waals surface area (Å²) in [7, 11) is 1.90. The molecule has 0 aromatic carbocycles. The topological polar surface area (TPSA) is 82.2 Å². The van der Waals surface area contributed by atoms with Gasteiger partial charge in [0.1, 0.15) is 5.54 Å². The van der Waals surface area contributed by atoms with Crippen LogP contribution < -0.4 is 11.1 Å². The predicted molar refractivity (Wildman–Crippen MR) is 92.5 cm³/mol. The average Bonchev–Trinajstić information content (AvgIpc) is 2.88. The summed E-state index contributed by atoms with van der Waals surface area (Å²) < 4.78 is 7.44. The maximum atomic E-state index is 12.4. The Balaban J connectivity index is 0.00000264. The first-order valence-electron chi connectivity index (χ1n) is 7.97. The molecular weight excluding hydrogens is 316 g/mol. The predicted octanol–water partition coefficient (Wildman–Crippen LogP) is 1.42. The van der Waals surface area contributed by atoms with Crippen molar-refractivity contribution in [1.82, 2.24) is 15.1 Å². The zero-order chi connectivity index (χ0) is 16.4. The minimum atomic E-state index is -0.832. The number of hydrogen-bond acceptors (Lipinski definition) is 4. The molecule has 2 rings (SSSR count). The van der Waals surface area contributed by atoms with Gasteiger partial charge in [-0.3, -0.25) is 9.48 Å². The van der Waals surface area contributed by atoms with Crippen molar-refractivity contribution in [2.45, 2.75) is 51.7 Å². The van der Waals surface area contributed by atoms with E-state index in [1.807, 2.05) is 40.2 Å². The fourth-order valence-electron chi connectivity index (χ4n) is 3.07. The summed E-state index contributed by atoms with van der Waals surface area (Å²) >= 11 is 0. The molecule has 1 heterocycles. The maximum absolute atomic E-state index is 12.4. The molecular formula is C16H29ClN4O2. The molecule has 0 radical (unpaired) electrons. The van der Waals surface area contributed by atoms with Gasteiger partial charge in [0, 0.05) is 38.2 Å². The Morgan fingerprint density at radius 1 is 1.57 bits per heavy atom. The molecule has 3 N–H and O–H groups in total. The normalized spacial score (nSPS) is 25.3. The van der Waals surface area contributed by atoms with Crippen LogP contribution in [0.25, 0.3) is 0 Å². The molecule has 0 bridgehead atoms. The molecule has 1 aliphatic rings. The third-order valence-corrected chi connectivity index (χ3v) is 4.92. The van der Waals surface area contributed by atoms with Gasteiger partial charge in [0.25, 0.3) is 0 Å². The highest BCUT2D eigenvalue weighted by Crippen LogP contribution is 2.49. The molecule has 0 spiro atoms. The van der Waals surface area contributed by atoms with E-state index < -0.39 is 5.54 Å². The lowest BCUT2D eigenvalue weighted by molar-refractivity contribution is -0.170. The number of amides is 1. The van der Waals surface area contributed by atoms with E-state index in [0.29, 0.717) is 19.6 Å². The summed E-state index contributed by atoms with van der Waals surface area (Å²) in [4.78, 5) is 12.4. The van der Waals surface area contributed by atoms with Crippen molar-refractivity contribution in [3.05, 3.63) is 18.0 Å². The maximum Gasteiger partial charge on any atom is 0.240 e. The Morgan fingerprint density at radius 2 is 2.26 bits per heavy atom. The largest absolute Gasteiger partial charge is 0.378 e. The average molecular weight is 345 g/mol. The lowest BCUT2D eigenvalue weighted by atomic mass is 9.54. The van der Waals surface area contributed by atoms with E-state index in [9.17, 15) is 4.79 Å². The first kappa shape index (κ1) is 19.9. The molecule has 0 saturated heterocycles.